The Hall–Kier alpha value is -2.29. The number of aryl methyl sites for hydroxylation is 1. The van der Waals surface area contributed by atoms with Crippen LogP contribution in [0.25, 0.3) is 0 Å². The minimum Gasteiger partial charge on any atom is -0.459 e. The molecule has 2 aromatic heterocycles. The Bertz CT molecular complexity index is 759. The topological polar surface area (TPSA) is 93.3 Å². The Morgan fingerprint density at radius 2 is 2.31 bits per heavy atom. The first-order valence-electron chi connectivity index (χ1n) is 8.59. The van der Waals surface area contributed by atoms with Crippen LogP contribution in [-0.2, 0) is 24.3 Å². The minimum absolute atomic E-state index is 0.144. The molecule has 3 heterocycles. The molecule has 0 spiro atoms. The van der Waals surface area contributed by atoms with Crippen molar-refractivity contribution in [1.82, 2.24) is 25.0 Å². The molecule has 1 aliphatic rings. The quantitative estimate of drug-likeness (QED) is 0.746. The molecule has 140 valence electrons. The lowest BCUT2D eigenvalue weighted by molar-refractivity contribution is -0.132. The van der Waals surface area contributed by atoms with Crippen molar-refractivity contribution in [2.24, 2.45) is 0 Å². The number of likely N-dealkylation sites (N-methyl/N-ethyl adjacent to an activating group) is 1. The number of hydrogen-bond donors (Lipinski definition) is 1. The maximum absolute atomic E-state index is 12.9. The van der Waals surface area contributed by atoms with Crippen LogP contribution in [0, 0.1) is 0 Å². The molecule has 0 fully saturated rings. The van der Waals surface area contributed by atoms with E-state index in [2.05, 4.69) is 20.1 Å². The molecular weight excluding hydrogens is 354 g/mol. The molecule has 26 heavy (non-hydrogen) atoms. The molecule has 0 bridgehead atoms. The molecule has 1 atom stereocenters. The van der Waals surface area contributed by atoms with Crippen molar-refractivity contribution in [1.29, 1.82) is 0 Å². The second kappa shape index (κ2) is 8.39. The number of fused-ring (bicyclic) bond motifs is 1. The Morgan fingerprint density at radius 3 is 3.04 bits per heavy atom. The maximum atomic E-state index is 12.9. The lowest BCUT2D eigenvalue weighted by Gasteiger charge is -2.24. The van der Waals surface area contributed by atoms with Gasteiger partial charge in [0.2, 0.25) is 5.91 Å². The molecule has 9 heteroatoms. The number of hydrogen-bond acceptors (Lipinski definition) is 6. The summed E-state index contributed by atoms with van der Waals surface area (Å²) in [5, 5.41) is 11.2. The molecule has 0 radical (unpaired) electrons. The summed E-state index contributed by atoms with van der Waals surface area (Å²) < 4.78 is 7.18. The van der Waals surface area contributed by atoms with Gasteiger partial charge >= 0.3 is 0 Å². The lowest BCUT2D eigenvalue weighted by atomic mass is 10.2. The summed E-state index contributed by atoms with van der Waals surface area (Å²) in [6, 6.07) is 2.62. The second-order valence-corrected chi connectivity index (χ2v) is 7.25. The number of aromatic nitrogens is 3. The molecule has 0 unspecified atom stereocenters. The van der Waals surface area contributed by atoms with Gasteiger partial charge in [0.15, 0.2) is 11.6 Å². The summed E-state index contributed by atoms with van der Waals surface area (Å²) in [5.74, 6) is 2.20. The fraction of sp³-hybridized carbons (Fsp3) is 0.529. The van der Waals surface area contributed by atoms with E-state index in [1.807, 2.05) is 6.26 Å². The van der Waals surface area contributed by atoms with Crippen molar-refractivity contribution in [2.75, 3.05) is 19.1 Å². The highest BCUT2D eigenvalue weighted by molar-refractivity contribution is 7.98. The van der Waals surface area contributed by atoms with E-state index in [9.17, 15) is 9.59 Å². The number of carbonyl (C=O) groups excluding carboxylic acids is 2. The van der Waals surface area contributed by atoms with Crippen molar-refractivity contribution in [3.05, 3.63) is 35.8 Å². The maximum Gasteiger partial charge on any atom is 0.287 e. The lowest BCUT2D eigenvalue weighted by Crippen LogP contribution is -2.47. The highest BCUT2D eigenvalue weighted by atomic mass is 32.2. The number of thioether (sulfide) groups is 1. The molecule has 2 amide bonds. The van der Waals surface area contributed by atoms with Crippen LogP contribution in [0.5, 0.6) is 0 Å². The first-order valence-corrected chi connectivity index (χ1v) is 9.98. The fourth-order valence-corrected chi connectivity index (χ4v) is 3.49. The van der Waals surface area contributed by atoms with Crippen LogP contribution in [0.15, 0.2) is 22.8 Å². The van der Waals surface area contributed by atoms with Crippen molar-refractivity contribution >= 4 is 23.6 Å². The predicted molar refractivity (Wildman–Crippen MR) is 97.8 cm³/mol. The van der Waals surface area contributed by atoms with Crippen molar-refractivity contribution < 1.29 is 14.0 Å². The number of nitrogens with zero attached hydrogens (tertiary/aromatic N) is 4. The Balaban J connectivity index is 1.66. The highest BCUT2D eigenvalue weighted by Crippen LogP contribution is 2.16. The van der Waals surface area contributed by atoms with E-state index in [1.165, 1.54) is 6.26 Å². The average Bonchev–Trinajstić information content (AvgIpc) is 3.36. The molecule has 1 N–H and O–H groups in total. The monoisotopic (exact) mass is 377 g/mol. The van der Waals surface area contributed by atoms with Crippen LogP contribution in [-0.4, -0.2) is 56.6 Å². The first kappa shape index (κ1) is 18.5. The van der Waals surface area contributed by atoms with Crippen LogP contribution in [0.1, 0.15) is 35.0 Å². The van der Waals surface area contributed by atoms with E-state index in [0.29, 0.717) is 13.0 Å². The second-order valence-electron chi connectivity index (χ2n) is 6.27. The first-order chi connectivity index (χ1) is 12.6. The molecule has 0 saturated heterocycles. The van der Waals surface area contributed by atoms with Gasteiger partial charge < -0.3 is 19.2 Å². The van der Waals surface area contributed by atoms with E-state index < -0.39 is 6.04 Å². The highest BCUT2D eigenvalue weighted by Gasteiger charge is 2.27. The van der Waals surface area contributed by atoms with Gasteiger partial charge in [0.05, 0.1) is 12.8 Å². The Kier molecular flexibility index (Phi) is 5.97. The van der Waals surface area contributed by atoms with Crippen LogP contribution in [0.4, 0.5) is 0 Å². The van der Waals surface area contributed by atoms with Gasteiger partial charge in [-0.25, -0.2) is 0 Å². The summed E-state index contributed by atoms with van der Waals surface area (Å²) in [7, 11) is 1.73. The van der Waals surface area contributed by atoms with Crippen molar-refractivity contribution in [3.8, 4) is 0 Å². The summed E-state index contributed by atoms with van der Waals surface area (Å²) >= 11 is 1.63. The van der Waals surface area contributed by atoms with Gasteiger partial charge in [0.1, 0.15) is 11.9 Å². The normalized spacial score (nSPS) is 14.1. The van der Waals surface area contributed by atoms with Gasteiger partial charge in [-0.05, 0) is 37.0 Å². The molecular formula is C17H23N5O3S. The van der Waals surface area contributed by atoms with Crippen LogP contribution >= 0.6 is 11.8 Å². The minimum atomic E-state index is -0.606. The van der Waals surface area contributed by atoms with Crippen LogP contribution in [0.3, 0.4) is 0 Å². The third kappa shape index (κ3) is 4.09. The molecule has 0 aliphatic carbocycles. The van der Waals surface area contributed by atoms with E-state index in [1.54, 1.807) is 35.8 Å². The zero-order valence-electron chi connectivity index (χ0n) is 15.0. The standard InChI is InChI=1S/C17H23N5O3S/c1-21(11-15-20-19-14-6-3-8-22(14)15)17(24)12(7-10-26-2)18-16(23)13-5-4-9-25-13/h4-5,9,12H,3,6-8,10-11H2,1-2H3,(H,18,23)/t12-/m1/s1. The summed E-state index contributed by atoms with van der Waals surface area (Å²) in [5.41, 5.74) is 0. The van der Waals surface area contributed by atoms with E-state index in [0.717, 1.165) is 36.8 Å². The third-order valence-electron chi connectivity index (χ3n) is 4.40. The van der Waals surface area contributed by atoms with Gasteiger partial charge in [-0.2, -0.15) is 11.8 Å². The number of furan rings is 1. The zero-order chi connectivity index (χ0) is 18.5. The van der Waals surface area contributed by atoms with E-state index in [4.69, 9.17) is 4.42 Å². The van der Waals surface area contributed by atoms with Gasteiger partial charge in [-0.15, -0.1) is 10.2 Å². The van der Waals surface area contributed by atoms with Crippen LogP contribution in [0.2, 0.25) is 0 Å². The number of nitrogens with one attached hydrogen (secondary N) is 1. The van der Waals surface area contributed by atoms with Gasteiger partial charge in [0, 0.05) is 20.0 Å². The molecule has 2 aromatic rings. The fourth-order valence-electron chi connectivity index (χ4n) is 3.01. The van der Waals surface area contributed by atoms with Crippen LogP contribution < -0.4 is 5.32 Å². The smallest absolute Gasteiger partial charge is 0.287 e. The van der Waals surface area contributed by atoms with Gasteiger partial charge in [-0.1, -0.05) is 0 Å². The summed E-state index contributed by atoms with van der Waals surface area (Å²) in [6.07, 6.45) is 5.95. The van der Waals surface area contributed by atoms with E-state index >= 15 is 0 Å². The Morgan fingerprint density at radius 1 is 1.46 bits per heavy atom. The molecule has 3 rings (SSSR count). The summed E-state index contributed by atoms with van der Waals surface area (Å²) in [6.45, 7) is 1.27. The molecule has 1 aliphatic heterocycles. The van der Waals surface area contributed by atoms with Gasteiger partial charge in [0.25, 0.3) is 5.91 Å². The SMILES string of the molecule is CSCC[C@@H](NC(=O)c1ccco1)C(=O)N(C)Cc1nnc2n1CCC2. The molecule has 0 aromatic carbocycles. The van der Waals surface area contributed by atoms with Crippen molar-refractivity contribution in [3.63, 3.8) is 0 Å². The zero-order valence-corrected chi connectivity index (χ0v) is 15.8. The summed E-state index contributed by atoms with van der Waals surface area (Å²) in [4.78, 5) is 26.8. The Labute approximate surface area is 156 Å². The predicted octanol–water partition coefficient (Wildman–Crippen LogP) is 1.33. The molecule has 8 nitrogen and oxygen atoms in total. The number of rotatable bonds is 8. The van der Waals surface area contributed by atoms with Gasteiger partial charge in [-0.3, -0.25) is 9.59 Å². The molecule has 0 saturated carbocycles. The number of amides is 2. The number of carbonyl (C=O) groups is 2. The average molecular weight is 377 g/mol. The van der Waals surface area contributed by atoms with E-state index in [-0.39, 0.29) is 17.6 Å². The largest absolute Gasteiger partial charge is 0.459 e. The van der Waals surface area contributed by atoms with Crippen molar-refractivity contribution in [2.45, 2.75) is 38.4 Å². The third-order valence-corrected chi connectivity index (χ3v) is 5.04.